The lowest BCUT2D eigenvalue weighted by molar-refractivity contribution is -0.118. The van der Waals surface area contributed by atoms with Crippen LogP contribution in [0, 0.1) is 0 Å². The molecule has 0 radical (unpaired) electrons. The molecule has 130 valence electrons. The van der Waals surface area contributed by atoms with Gasteiger partial charge in [-0.15, -0.1) is 10.2 Å². The van der Waals surface area contributed by atoms with Gasteiger partial charge >= 0.3 is 0 Å². The molecule has 0 aliphatic rings. The molecular formula is C17H18N4O3S. The molecule has 3 aromatic rings. The third-order valence-corrected chi connectivity index (χ3v) is 4.55. The van der Waals surface area contributed by atoms with Gasteiger partial charge in [0.05, 0.1) is 19.1 Å². The summed E-state index contributed by atoms with van der Waals surface area (Å²) in [7, 11) is 3.46. The van der Waals surface area contributed by atoms with Crippen molar-refractivity contribution in [2.75, 3.05) is 12.9 Å². The van der Waals surface area contributed by atoms with Gasteiger partial charge in [0.25, 0.3) is 0 Å². The van der Waals surface area contributed by atoms with Gasteiger partial charge in [-0.1, -0.05) is 23.9 Å². The molecule has 0 unspecified atom stereocenters. The van der Waals surface area contributed by atoms with Crippen LogP contribution in [-0.4, -0.2) is 33.5 Å². The van der Waals surface area contributed by atoms with Crippen LogP contribution in [0.15, 0.2) is 52.2 Å². The minimum absolute atomic E-state index is 0.0737. The normalized spacial score (nSPS) is 10.6. The molecule has 2 heterocycles. The quantitative estimate of drug-likeness (QED) is 0.654. The van der Waals surface area contributed by atoms with Gasteiger partial charge in [0.15, 0.2) is 16.7 Å². The predicted molar refractivity (Wildman–Crippen MR) is 94.3 cm³/mol. The van der Waals surface area contributed by atoms with Crippen LogP contribution in [0.3, 0.4) is 0 Å². The van der Waals surface area contributed by atoms with Crippen LogP contribution in [0.5, 0.6) is 5.75 Å². The van der Waals surface area contributed by atoms with Crippen LogP contribution < -0.4 is 10.1 Å². The lowest BCUT2D eigenvalue weighted by atomic mass is 10.2. The second kappa shape index (κ2) is 7.89. The number of hydrogen-bond acceptors (Lipinski definition) is 6. The minimum atomic E-state index is -0.0737. The highest BCUT2D eigenvalue weighted by molar-refractivity contribution is 7.99. The molecule has 3 rings (SSSR count). The maximum absolute atomic E-state index is 12.1. The Balaban J connectivity index is 1.52. The fraction of sp³-hybridized carbons (Fsp3) is 0.235. The first-order chi connectivity index (χ1) is 12.2. The van der Waals surface area contributed by atoms with E-state index < -0.39 is 0 Å². The summed E-state index contributed by atoms with van der Waals surface area (Å²) < 4.78 is 12.3. The highest BCUT2D eigenvalue weighted by Crippen LogP contribution is 2.22. The molecule has 0 spiro atoms. The van der Waals surface area contributed by atoms with Gasteiger partial charge < -0.3 is 19.0 Å². The standard InChI is InChI=1S/C17H18N4O3S/c1-21-16(14-7-4-8-24-14)19-20-17(21)25-11-15(22)18-10-12-5-3-6-13(9-12)23-2/h3-9H,10-11H2,1-2H3,(H,18,22). The fourth-order valence-electron chi connectivity index (χ4n) is 2.23. The van der Waals surface area contributed by atoms with E-state index in [0.717, 1.165) is 11.3 Å². The Morgan fingerprint density at radius 2 is 2.20 bits per heavy atom. The lowest BCUT2D eigenvalue weighted by Crippen LogP contribution is -2.24. The molecule has 0 saturated heterocycles. The summed E-state index contributed by atoms with van der Waals surface area (Å²) in [6.45, 7) is 0.451. The molecule has 0 aliphatic carbocycles. The number of carbonyl (C=O) groups excluding carboxylic acids is 1. The van der Waals surface area contributed by atoms with Gasteiger partial charge in [0.2, 0.25) is 5.91 Å². The molecule has 8 heteroatoms. The molecule has 1 amide bonds. The number of amides is 1. The first-order valence-electron chi connectivity index (χ1n) is 7.63. The number of furan rings is 1. The van der Waals surface area contributed by atoms with E-state index in [2.05, 4.69) is 15.5 Å². The molecular weight excluding hydrogens is 340 g/mol. The number of hydrogen-bond donors (Lipinski definition) is 1. The van der Waals surface area contributed by atoms with Gasteiger partial charge in [-0.05, 0) is 29.8 Å². The Bertz CT molecular complexity index is 845. The van der Waals surface area contributed by atoms with E-state index in [1.54, 1.807) is 24.0 Å². The van der Waals surface area contributed by atoms with Gasteiger partial charge in [0.1, 0.15) is 5.75 Å². The highest BCUT2D eigenvalue weighted by atomic mass is 32.2. The summed E-state index contributed by atoms with van der Waals surface area (Å²) in [5.74, 6) is 2.23. The molecule has 1 aromatic carbocycles. The fourth-order valence-corrected chi connectivity index (χ4v) is 2.97. The Labute approximate surface area is 149 Å². The molecule has 0 saturated carbocycles. The van der Waals surface area contributed by atoms with E-state index in [1.807, 2.05) is 37.4 Å². The van der Waals surface area contributed by atoms with Gasteiger partial charge in [-0.3, -0.25) is 4.79 Å². The number of nitrogens with one attached hydrogen (secondary N) is 1. The topological polar surface area (TPSA) is 82.2 Å². The van der Waals surface area contributed by atoms with Gasteiger partial charge in [0, 0.05) is 13.6 Å². The summed E-state index contributed by atoms with van der Waals surface area (Å²) >= 11 is 1.33. The zero-order valence-corrected chi connectivity index (χ0v) is 14.7. The Hall–Kier alpha value is -2.74. The van der Waals surface area contributed by atoms with E-state index >= 15 is 0 Å². The van der Waals surface area contributed by atoms with Crippen molar-refractivity contribution >= 4 is 17.7 Å². The van der Waals surface area contributed by atoms with E-state index in [9.17, 15) is 4.79 Å². The maximum atomic E-state index is 12.1. The second-order valence-electron chi connectivity index (χ2n) is 5.26. The molecule has 25 heavy (non-hydrogen) atoms. The van der Waals surface area contributed by atoms with Crippen LogP contribution in [0.1, 0.15) is 5.56 Å². The Morgan fingerprint density at radius 3 is 2.96 bits per heavy atom. The summed E-state index contributed by atoms with van der Waals surface area (Å²) in [6, 6.07) is 11.2. The van der Waals surface area contributed by atoms with Gasteiger partial charge in [-0.2, -0.15) is 0 Å². The summed E-state index contributed by atoms with van der Waals surface area (Å²) in [5, 5.41) is 11.7. The number of carbonyl (C=O) groups is 1. The SMILES string of the molecule is COc1cccc(CNC(=O)CSc2nnc(-c3ccco3)n2C)c1. The Morgan fingerprint density at radius 1 is 1.32 bits per heavy atom. The largest absolute Gasteiger partial charge is 0.497 e. The van der Waals surface area contributed by atoms with Crippen molar-refractivity contribution in [2.24, 2.45) is 7.05 Å². The van der Waals surface area contributed by atoms with Crippen LogP contribution in [0.2, 0.25) is 0 Å². The smallest absolute Gasteiger partial charge is 0.230 e. The molecule has 0 aliphatic heterocycles. The molecule has 0 bridgehead atoms. The van der Waals surface area contributed by atoms with Crippen molar-refractivity contribution in [1.29, 1.82) is 0 Å². The highest BCUT2D eigenvalue weighted by Gasteiger charge is 2.14. The monoisotopic (exact) mass is 358 g/mol. The number of ether oxygens (including phenoxy) is 1. The summed E-state index contributed by atoms with van der Waals surface area (Å²) in [5.41, 5.74) is 0.983. The van der Waals surface area contributed by atoms with Crippen LogP contribution >= 0.6 is 11.8 Å². The van der Waals surface area contributed by atoms with Crippen LogP contribution in [0.4, 0.5) is 0 Å². The molecule has 0 atom stereocenters. The third-order valence-electron chi connectivity index (χ3n) is 3.53. The van der Waals surface area contributed by atoms with Gasteiger partial charge in [-0.25, -0.2) is 0 Å². The van der Waals surface area contributed by atoms with Crippen molar-refractivity contribution in [3.63, 3.8) is 0 Å². The summed E-state index contributed by atoms with van der Waals surface area (Å²) in [4.78, 5) is 12.1. The zero-order chi connectivity index (χ0) is 17.6. The number of aromatic nitrogens is 3. The number of rotatable bonds is 7. The average molecular weight is 358 g/mol. The average Bonchev–Trinajstić information content (AvgIpc) is 3.28. The molecule has 7 nitrogen and oxygen atoms in total. The summed E-state index contributed by atoms with van der Waals surface area (Å²) in [6.07, 6.45) is 1.59. The minimum Gasteiger partial charge on any atom is -0.497 e. The zero-order valence-electron chi connectivity index (χ0n) is 13.9. The lowest BCUT2D eigenvalue weighted by Gasteiger charge is -2.07. The predicted octanol–water partition coefficient (Wildman–Crippen LogP) is 2.49. The Kier molecular flexibility index (Phi) is 5.39. The van der Waals surface area contributed by atoms with Crippen molar-refractivity contribution in [1.82, 2.24) is 20.1 Å². The van der Waals surface area contributed by atoms with Crippen LogP contribution in [-0.2, 0) is 18.4 Å². The number of benzene rings is 1. The first kappa shape index (κ1) is 17.1. The van der Waals surface area contributed by atoms with Crippen molar-refractivity contribution < 1.29 is 13.9 Å². The number of nitrogens with zero attached hydrogens (tertiary/aromatic N) is 3. The van der Waals surface area contributed by atoms with E-state index in [4.69, 9.17) is 9.15 Å². The molecule has 1 N–H and O–H groups in total. The third kappa shape index (κ3) is 4.21. The number of thioether (sulfide) groups is 1. The second-order valence-corrected chi connectivity index (χ2v) is 6.20. The maximum Gasteiger partial charge on any atom is 0.230 e. The van der Waals surface area contributed by atoms with Crippen molar-refractivity contribution in [3.8, 4) is 17.3 Å². The first-order valence-corrected chi connectivity index (χ1v) is 8.61. The van der Waals surface area contributed by atoms with E-state index in [1.165, 1.54) is 11.8 Å². The molecule has 0 fully saturated rings. The van der Waals surface area contributed by atoms with Crippen molar-refractivity contribution in [3.05, 3.63) is 48.2 Å². The van der Waals surface area contributed by atoms with E-state index in [-0.39, 0.29) is 11.7 Å². The number of methoxy groups -OCH3 is 1. The van der Waals surface area contributed by atoms with Crippen molar-refractivity contribution in [2.45, 2.75) is 11.7 Å². The molecule has 2 aromatic heterocycles. The van der Waals surface area contributed by atoms with Crippen LogP contribution in [0.25, 0.3) is 11.6 Å². The van der Waals surface area contributed by atoms with E-state index in [0.29, 0.717) is 23.3 Å².